The molecule has 1 aliphatic rings. The lowest BCUT2D eigenvalue weighted by Crippen LogP contribution is -2.30. The number of amidine groups is 1. The van der Waals surface area contributed by atoms with E-state index < -0.39 is 11.9 Å². The predicted octanol–water partition coefficient (Wildman–Crippen LogP) is 4.34. The maximum atomic E-state index is 13.1. The fourth-order valence-electron chi connectivity index (χ4n) is 2.94. The molecule has 9 heteroatoms. The molecule has 0 aromatic heterocycles. The van der Waals surface area contributed by atoms with Gasteiger partial charge in [-0.25, -0.2) is 14.6 Å². The number of amides is 1. The second kappa shape index (κ2) is 11.3. The average molecular weight is 469 g/mol. The van der Waals surface area contributed by atoms with Crippen LogP contribution in [0.4, 0.5) is 5.69 Å². The molecule has 2 aromatic rings. The third-order valence-corrected chi connectivity index (χ3v) is 5.71. The Hall–Kier alpha value is -3.59. The molecule has 1 heterocycles. The summed E-state index contributed by atoms with van der Waals surface area (Å²) in [5.74, 6) is -1.14. The molecule has 1 fully saturated rings. The molecule has 33 heavy (non-hydrogen) atoms. The molecule has 0 atom stereocenters. The number of methoxy groups -OCH3 is 1. The SMILES string of the molecule is CCCCN1C(=O)/C(=C/c2ccc(OCC(=O)OC)cc2)SC1=Nc1cccc(C(=O)O)c1. The molecule has 1 saturated heterocycles. The van der Waals surface area contributed by atoms with Crippen LogP contribution in [-0.4, -0.2) is 53.3 Å². The lowest BCUT2D eigenvalue weighted by Gasteiger charge is -2.14. The normalized spacial score (nSPS) is 15.8. The largest absolute Gasteiger partial charge is 0.482 e. The summed E-state index contributed by atoms with van der Waals surface area (Å²) < 4.78 is 9.89. The van der Waals surface area contributed by atoms with Crippen molar-refractivity contribution in [3.8, 4) is 5.75 Å². The van der Waals surface area contributed by atoms with Gasteiger partial charge in [0.15, 0.2) is 11.8 Å². The molecule has 0 aliphatic carbocycles. The number of carbonyl (C=O) groups is 3. The standard InChI is InChI=1S/C24H24N2O6S/c1-3-4-12-26-22(28)20(13-16-8-10-19(11-9-16)32-15-21(27)31-2)33-24(26)25-18-7-5-6-17(14-18)23(29)30/h5-11,13-14H,3-4,12,15H2,1-2H3,(H,29,30)/b20-13-,25-24?. The Balaban J connectivity index is 1.82. The number of nitrogens with zero attached hydrogens (tertiary/aromatic N) is 2. The van der Waals surface area contributed by atoms with Crippen molar-refractivity contribution in [1.29, 1.82) is 0 Å². The maximum absolute atomic E-state index is 13.1. The summed E-state index contributed by atoms with van der Waals surface area (Å²) in [6, 6.07) is 13.3. The topological polar surface area (TPSA) is 106 Å². The average Bonchev–Trinajstić information content (AvgIpc) is 3.10. The third-order valence-electron chi connectivity index (χ3n) is 4.70. The first-order valence-corrected chi connectivity index (χ1v) is 11.2. The highest BCUT2D eigenvalue weighted by atomic mass is 32.2. The van der Waals surface area contributed by atoms with Crippen LogP contribution in [0.25, 0.3) is 6.08 Å². The minimum absolute atomic E-state index is 0.136. The zero-order chi connectivity index (χ0) is 23.8. The van der Waals surface area contributed by atoms with Gasteiger partial charge < -0.3 is 14.6 Å². The smallest absolute Gasteiger partial charge is 0.343 e. The van der Waals surface area contributed by atoms with Gasteiger partial charge in [0.2, 0.25) is 0 Å². The predicted molar refractivity (Wildman–Crippen MR) is 127 cm³/mol. The number of unbranched alkanes of at least 4 members (excludes halogenated alkanes) is 1. The second-order valence-electron chi connectivity index (χ2n) is 7.10. The van der Waals surface area contributed by atoms with Crippen LogP contribution in [0.3, 0.4) is 0 Å². The number of thioether (sulfide) groups is 1. The van der Waals surface area contributed by atoms with Crippen LogP contribution >= 0.6 is 11.8 Å². The van der Waals surface area contributed by atoms with Gasteiger partial charge in [-0.2, -0.15) is 0 Å². The van der Waals surface area contributed by atoms with E-state index in [4.69, 9.17) is 4.74 Å². The number of aromatic carboxylic acids is 1. The van der Waals surface area contributed by atoms with Crippen LogP contribution in [0.1, 0.15) is 35.7 Å². The summed E-state index contributed by atoms with van der Waals surface area (Å²) in [6.07, 6.45) is 3.51. The zero-order valence-electron chi connectivity index (χ0n) is 18.3. The number of hydrogen-bond acceptors (Lipinski definition) is 7. The van der Waals surface area contributed by atoms with Crippen LogP contribution in [0.15, 0.2) is 58.4 Å². The molecule has 0 unspecified atom stereocenters. The Bertz CT molecular complexity index is 1090. The van der Waals surface area contributed by atoms with Gasteiger partial charge in [-0.1, -0.05) is 31.5 Å². The first-order valence-electron chi connectivity index (χ1n) is 10.3. The van der Waals surface area contributed by atoms with Crippen molar-refractivity contribution < 1.29 is 29.0 Å². The van der Waals surface area contributed by atoms with E-state index in [1.165, 1.54) is 31.0 Å². The summed E-state index contributed by atoms with van der Waals surface area (Å²) in [5.41, 5.74) is 1.40. The minimum Gasteiger partial charge on any atom is -0.482 e. The fraction of sp³-hybridized carbons (Fsp3) is 0.250. The second-order valence-corrected chi connectivity index (χ2v) is 8.11. The highest BCUT2D eigenvalue weighted by Crippen LogP contribution is 2.34. The molecule has 0 bridgehead atoms. The Morgan fingerprint density at radius 1 is 1.18 bits per heavy atom. The number of benzene rings is 2. The molecule has 1 N–H and O–H groups in total. The number of esters is 1. The maximum Gasteiger partial charge on any atom is 0.343 e. The van der Waals surface area contributed by atoms with Crippen molar-refractivity contribution in [2.24, 2.45) is 4.99 Å². The van der Waals surface area contributed by atoms with E-state index in [0.717, 1.165) is 18.4 Å². The van der Waals surface area contributed by atoms with E-state index in [-0.39, 0.29) is 18.1 Å². The van der Waals surface area contributed by atoms with Gasteiger partial charge in [0.05, 0.1) is 23.3 Å². The summed E-state index contributed by atoms with van der Waals surface area (Å²) >= 11 is 1.25. The number of carboxylic acids is 1. The van der Waals surface area contributed by atoms with Crippen molar-refractivity contribution >= 4 is 46.5 Å². The van der Waals surface area contributed by atoms with Gasteiger partial charge in [-0.15, -0.1) is 0 Å². The molecule has 0 saturated carbocycles. The molecule has 1 amide bonds. The summed E-state index contributed by atoms with van der Waals surface area (Å²) in [7, 11) is 1.29. The Morgan fingerprint density at radius 2 is 1.94 bits per heavy atom. The quantitative estimate of drug-likeness (QED) is 0.431. The molecule has 2 aromatic carbocycles. The van der Waals surface area contributed by atoms with Gasteiger partial charge in [0.25, 0.3) is 5.91 Å². The third kappa shape index (κ3) is 6.45. The molecule has 8 nitrogen and oxygen atoms in total. The zero-order valence-corrected chi connectivity index (χ0v) is 19.1. The number of carboxylic acid groups (broad SMARTS) is 1. The number of carbonyl (C=O) groups excluding carboxylic acids is 2. The van der Waals surface area contributed by atoms with Gasteiger partial charge in [-0.3, -0.25) is 9.69 Å². The lowest BCUT2D eigenvalue weighted by atomic mass is 10.2. The van der Waals surface area contributed by atoms with E-state index in [1.54, 1.807) is 47.4 Å². The summed E-state index contributed by atoms with van der Waals surface area (Å²) in [6.45, 7) is 2.39. The lowest BCUT2D eigenvalue weighted by molar-refractivity contribution is -0.142. The van der Waals surface area contributed by atoms with E-state index in [0.29, 0.717) is 28.1 Å². The van der Waals surface area contributed by atoms with Crippen molar-refractivity contribution in [3.05, 3.63) is 64.6 Å². The van der Waals surface area contributed by atoms with Crippen LogP contribution in [0.2, 0.25) is 0 Å². The van der Waals surface area contributed by atoms with Gasteiger partial charge in [0.1, 0.15) is 5.75 Å². The van der Waals surface area contributed by atoms with Gasteiger partial charge in [-0.05, 0) is 60.2 Å². The van der Waals surface area contributed by atoms with Crippen LogP contribution in [0, 0.1) is 0 Å². The highest BCUT2D eigenvalue weighted by Gasteiger charge is 2.33. The van der Waals surface area contributed by atoms with Crippen molar-refractivity contribution in [3.63, 3.8) is 0 Å². The number of aliphatic imine (C=N–C) groups is 1. The molecular formula is C24H24N2O6S. The van der Waals surface area contributed by atoms with E-state index in [1.807, 2.05) is 6.92 Å². The van der Waals surface area contributed by atoms with Crippen molar-refractivity contribution in [1.82, 2.24) is 4.90 Å². The molecule has 0 spiro atoms. The van der Waals surface area contributed by atoms with Gasteiger partial charge >= 0.3 is 11.9 Å². The minimum atomic E-state index is -1.03. The van der Waals surface area contributed by atoms with Gasteiger partial charge in [0, 0.05) is 6.54 Å². The van der Waals surface area contributed by atoms with E-state index in [2.05, 4.69) is 9.73 Å². The summed E-state index contributed by atoms with van der Waals surface area (Å²) in [5, 5.41) is 9.73. The Kier molecular flexibility index (Phi) is 8.26. The number of hydrogen-bond donors (Lipinski definition) is 1. The number of rotatable bonds is 9. The molecule has 0 radical (unpaired) electrons. The Labute approximate surface area is 195 Å². The summed E-state index contributed by atoms with van der Waals surface area (Å²) in [4.78, 5) is 42.2. The monoisotopic (exact) mass is 468 g/mol. The first-order chi connectivity index (χ1) is 15.9. The van der Waals surface area contributed by atoms with E-state index >= 15 is 0 Å². The van der Waals surface area contributed by atoms with Crippen molar-refractivity contribution in [2.75, 3.05) is 20.3 Å². The van der Waals surface area contributed by atoms with Crippen LogP contribution in [0.5, 0.6) is 5.75 Å². The van der Waals surface area contributed by atoms with Crippen LogP contribution in [-0.2, 0) is 14.3 Å². The first kappa shape index (κ1) is 24.1. The fourth-order valence-corrected chi connectivity index (χ4v) is 3.96. The molecule has 172 valence electrons. The van der Waals surface area contributed by atoms with Crippen LogP contribution < -0.4 is 4.74 Å². The number of ether oxygens (including phenoxy) is 2. The van der Waals surface area contributed by atoms with E-state index in [9.17, 15) is 19.5 Å². The Morgan fingerprint density at radius 3 is 2.61 bits per heavy atom. The van der Waals surface area contributed by atoms with Crippen molar-refractivity contribution in [2.45, 2.75) is 19.8 Å². The molecule has 3 rings (SSSR count). The molecular weight excluding hydrogens is 444 g/mol. The highest BCUT2D eigenvalue weighted by molar-refractivity contribution is 8.18. The molecule has 1 aliphatic heterocycles.